The maximum Gasteiger partial charge on any atom is 0.408 e. The van der Waals surface area contributed by atoms with Gasteiger partial charge < -0.3 is 20.2 Å². The Bertz CT molecular complexity index is 541. The van der Waals surface area contributed by atoms with E-state index in [1.165, 1.54) is 0 Å². The molecule has 3 N–H and O–H groups in total. The first-order chi connectivity index (χ1) is 10.6. The number of alkyl carbamates (subject to hydrolysis) is 1. The Balaban J connectivity index is 2.82. The number of nitrogens with two attached hydrogens (primary N) is 1. The SMILES string of the molecule is CC[C@H](C)[C@@H](NC(=O)OC(C)(C)C)c1nnc(SCC(N)=O)o1. The van der Waals surface area contributed by atoms with Gasteiger partial charge in [-0.05, 0) is 26.7 Å². The van der Waals surface area contributed by atoms with E-state index in [2.05, 4.69) is 15.5 Å². The van der Waals surface area contributed by atoms with Gasteiger partial charge in [0.05, 0.1) is 5.75 Å². The van der Waals surface area contributed by atoms with Crippen molar-refractivity contribution in [2.24, 2.45) is 11.7 Å². The highest BCUT2D eigenvalue weighted by Gasteiger charge is 2.28. The molecule has 0 spiro atoms. The lowest BCUT2D eigenvalue weighted by Gasteiger charge is -2.24. The number of ether oxygens (including phenoxy) is 1. The second-order valence-electron chi connectivity index (χ2n) is 6.17. The van der Waals surface area contributed by atoms with Crippen LogP contribution in [0.15, 0.2) is 9.64 Å². The van der Waals surface area contributed by atoms with E-state index in [0.29, 0.717) is 0 Å². The summed E-state index contributed by atoms with van der Waals surface area (Å²) < 4.78 is 10.8. The van der Waals surface area contributed by atoms with Gasteiger partial charge in [-0.1, -0.05) is 32.0 Å². The summed E-state index contributed by atoms with van der Waals surface area (Å²) in [6.45, 7) is 9.32. The fraction of sp³-hybridized carbons (Fsp3) is 0.714. The Morgan fingerprint density at radius 1 is 1.39 bits per heavy atom. The van der Waals surface area contributed by atoms with Gasteiger partial charge in [-0.3, -0.25) is 4.79 Å². The normalized spacial score (nSPS) is 14.1. The van der Waals surface area contributed by atoms with E-state index < -0.39 is 23.6 Å². The van der Waals surface area contributed by atoms with E-state index in [4.69, 9.17) is 14.9 Å². The molecule has 0 saturated heterocycles. The van der Waals surface area contributed by atoms with Gasteiger partial charge in [0.15, 0.2) is 0 Å². The molecule has 0 aromatic carbocycles. The molecule has 0 saturated carbocycles. The Morgan fingerprint density at radius 2 is 2.04 bits per heavy atom. The van der Waals surface area contributed by atoms with Crippen molar-refractivity contribution < 1.29 is 18.7 Å². The van der Waals surface area contributed by atoms with Crippen LogP contribution in [0.25, 0.3) is 0 Å². The number of rotatable bonds is 7. The third-order valence-corrected chi connectivity index (χ3v) is 3.75. The highest BCUT2D eigenvalue weighted by Crippen LogP contribution is 2.26. The molecule has 0 bridgehead atoms. The molecule has 1 rings (SSSR count). The van der Waals surface area contributed by atoms with Crippen molar-refractivity contribution in [1.29, 1.82) is 0 Å². The summed E-state index contributed by atoms with van der Waals surface area (Å²) in [6, 6.07) is -0.467. The summed E-state index contributed by atoms with van der Waals surface area (Å²) in [5.41, 5.74) is 4.48. The molecule has 9 heteroatoms. The zero-order chi connectivity index (χ0) is 17.6. The fourth-order valence-electron chi connectivity index (χ4n) is 1.65. The number of carbonyl (C=O) groups excluding carboxylic acids is 2. The highest BCUT2D eigenvalue weighted by atomic mass is 32.2. The zero-order valence-corrected chi connectivity index (χ0v) is 14.9. The van der Waals surface area contributed by atoms with Gasteiger partial charge in [0, 0.05) is 0 Å². The monoisotopic (exact) mass is 344 g/mol. The molecule has 0 fully saturated rings. The summed E-state index contributed by atoms with van der Waals surface area (Å²) in [7, 11) is 0. The molecule has 0 radical (unpaired) electrons. The van der Waals surface area contributed by atoms with Crippen LogP contribution in [0.5, 0.6) is 0 Å². The first-order valence-corrected chi connectivity index (χ1v) is 8.35. The molecule has 1 aromatic heterocycles. The molecular formula is C14H24N4O4S. The molecule has 130 valence electrons. The van der Waals surface area contributed by atoms with Crippen molar-refractivity contribution in [3.63, 3.8) is 0 Å². The van der Waals surface area contributed by atoms with Crippen molar-refractivity contribution in [2.75, 3.05) is 5.75 Å². The molecule has 0 aliphatic carbocycles. The third-order valence-electron chi connectivity index (χ3n) is 2.91. The number of nitrogens with one attached hydrogen (secondary N) is 1. The van der Waals surface area contributed by atoms with Gasteiger partial charge in [-0.2, -0.15) is 0 Å². The van der Waals surface area contributed by atoms with E-state index in [0.717, 1.165) is 18.2 Å². The lowest BCUT2D eigenvalue weighted by molar-refractivity contribution is -0.115. The Kier molecular flexibility index (Phi) is 6.86. The number of nitrogens with zero attached hydrogens (tertiary/aromatic N) is 2. The summed E-state index contributed by atoms with van der Waals surface area (Å²) in [5.74, 6) is -0.0796. The molecule has 2 amide bonds. The smallest absolute Gasteiger partial charge is 0.408 e. The Hall–Kier alpha value is -1.77. The van der Waals surface area contributed by atoms with Gasteiger partial charge >= 0.3 is 6.09 Å². The maximum absolute atomic E-state index is 12.0. The van der Waals surface area contributed by atoms with Gasteiger partial charge in [-0.15, -0.1) is 10.2 Å². The zero-order valence-electron chi connectivity index (χ0n) is 14.1. The van der Waals surface area contributed by atoms with Crippen LogP contribution in [-0.2, 0) is 9.53 Å². The van der Waals surface area contributed by atoms with Crippen molar-refractivity contribution >= 4 is 23.8 Å². The number of carbonyl (C=O) groups is 2. The van der Waals surface area contributed by atoms with E-state index in [1.807, 2.05) is 13.8 Å². The van der Waals surface area contributed by atoms with E-state index in [1.54, 1.807) is 20.8 Å². The molecule has 2 atom stereocenters. The number of primary amides is 1. The van der Waals surface area contributed by atoms with Crippen molar-refractivity contribution in [3.05, 3.63) is 5.89 Å². The molecule has 0 aliphatic rings. The van der Waals surface area contributed by atoms with Crippen LogP contribution in [-0.4, -0.2) is 33.6 Å². The fourth-order valence-corrected chi connectivity index (χ4v) is 2.16. The molecule has 0 unspecified atom stereocenters. The van der Waals surface area contributed by atoms with Crippen LogP contribution < -0.4 is 11.1 Å². The summed E-state index contributed by atoms with van der Waals surface area (Å²) in [6.07, 6.45) is 0.249. The van der Waals surface area contributed by atoms with Crippen molar-refractivity contribution in [1.82, 2.24) is 15.5 Å². The highest BCUT2D eigenvalue weighted by molar-refractivity contribution is 7.99. The molecule has 8 nitrogen and oxygen atoms in total. The quantitative estimate of drug-likeness (QED) is 0.728. The lowest BCUT2D eigenvalue weighted by Crippen LogP contribution is -2.37. The number of hydrogen-bond donors (Lipinski definition) is 2. The van der Waals surface area contributed by atoms with Crippen molar-refractivity contribution in [3.8, 4) is 0 Å². The molecule has 1 aromatic rings. The summed E-state index contributed by atoms with van der Waals surface area (Å²) in [4.78, 5) is 22.8. The predicted octanol–water partition coefficient (Wildman–Crippen LogP) is 2.26. The molecule has 23 heavy (non-hydrogen) atoms. The minimum absolute atomic E-state index is 0.0507. The van der Waals surface area contributed by atoms with Crippen LogP contribution in [0.2, 0.25) is 0 Å². The second-order valence-corrected chi connectivity index (χ2v) is 7.10. The maximum atomic E-state index is 12.0. The average Bonchev–Trinajstić information content (AvgIpc) is 2.88. The van der Waals surface area contributed by atoms with Gasteiger partial charge in [-0.25, -0.2) is 4.79 Å². The number of amides is 2. The van der Waals surface area contributed by atoms with Crippen LogP contribution in [0, 0.1) is 5.92 Å². The summed E-state index contributed by atoms with van der Waals surface area (Å²) >= 11 is 1.06. The minimum atomic E-state index is -0.596. The molecule has 0 aliphatic heterocycles. The Labute approximate surface area is 139 Å². The minimum Gasteiger partial charge on any atom is -0.444 e. The second kappa shape index (κ2) is 8.19. The van der Waals surface area contributed by atoms with E-state index in [-0.39, 0.29) is 22.8 Å². The van der Waals surface area contributed by atoms with Crippen LogP contribution in [0.3, 0.4) is 0 Å². The van der Waals surface area contributed by atoms with Gasteiger partial charge in [0.2, 0.25) is 11.8 Å². The standard InChI is InChI=1S/C14H24N4O4S/c1-6-8(2)10(16-12(20)22-14(3,4)5)11-17-18-13(21-11)23-7-9(15)19/h8,10H,6-7H2,1-5H3,(H2,15,19)(H,16,20)/t8-,10+/m0/s1. The van der Waals surface area contributed by atoms with Crippen LogP contribution in [0.1, 0.15) is 53.0 Å². The van der Waals surface area contributed by atoms with Gasteiger partial charge in [0.1, 0.15) is 11.6 Å². The molecule has 1 heterocycles. The predicted molar refractivity (Wildman–Crippen MR) is 85.8 cm³/mol. The summed E-state index contributed by atoms with van der Waals surface area (Å²) in [5, 5.41) is 10.8. The number of aromatic nitrogens is 2. The van der Waals surface area contributed by atoms with Crippen LogP contribution >= 0.6 is 11.8 Å². The third kappa shape index (κ3) is 6.89. The first kappa shape index (κ1) is 19.3. The number of thioether (sulfide) groups is 1. The molecular weight excluding hydrogens is 320 g/mol. The van der Waals surface area contributed by atoms with Gasteiger partial charge in [0.25, 0.3) is 5.22 Å². The largest absolute Gasteiger partial charge is 0.444 e. The first-order valence-electron chi connectivity index (χ1n) is 7.36. The lowest BCUT2D eigenvalue weighted by atomic mass is 9.99. The topological polar surface area (TPSA) is 120 Å². The van der Waals surface area contributed by atoms with Crippen molar-refractivity contribution in [2.45, 2.75) is 57.9 Å². The average molecular weight is 344 g/mol. The van der Waals surface area contributed by atoms with Crippen LogP contribution in [0.4, 0.5) is 4.79 Å². The van der Waals surface area contributed by atoms with E-state index >= 15 is 0 Å². The Morgan fingerprint density at radius 3 is 2.57 bits per heavy atom. The van der Waals surface area contributed by atoms with E-state index in [9.17, 15) is 9.59 Å². The number of hydrogen-bond acceptors (Lipinski definition) is 7.